The van der Waals surface area contributed by atoms with Gasteiger partial charge in [-0.2, -0.15) is 18.2 Å². The quantitative estimate of drug-likeness (QED) is 0.249. The smallest absolute Gasteiger partial charge is 0.420 e. The molecule has 0 atom stereocenters. The van der Waals surface area contributed by atoms with Gasteiger partial charge in [0.2, 0.25) is 11.5 Å². The van der Waals surface area contributed by atoms with E-state index in [0.29, 0.717) is 62.3 Å². The van der Waals surface area contributed by atoms with Crippen molar-refractivity contribution in [2.75, 3.05) is 49.1 Å². The number of hydrogen-bond acceptors (Lipinski definition) is 7. The number of benzene rings is 1. The summed E-state index contributed by atoms with van der Waals surface area (Å²) in [6.07, 6.45) is 0.453. The topological polar surface area (TPSA) is 87.7 Å². The molecule has 0 unspecified atom stereocenters. The summed E-state index contributed by atoms with van der Waals surface area (Å²) >= 11 is 0. The molecule has 0 N–H and O–H groups in total. The molecule has 1 amide bonds. The van der Waals surface area contributed by atoms with E-state index < -0.39 is 23.4 Å². The van der Waals surface area contributed by atoms with Crippen molar-refractivity contribution in [3.63, 3.8) is 0 Å². The van der Waals surface area contributed by atoms with Crippen molar-refractivity contribution < 1.29 is 27.2 Å². The summed E-state index contributed by atoms with van der Waals surface area (Å²) in [5.74, 6) is -0.615. The summed E-state index contributed by atoms with van der Waals surface area (Å²) in [6, 6.07) is 16.9. The van der Waals surface area contributed by atoms with E-state index in [9.17, 15) is 22.8 Å². The highest BCUT2D eigenvalue weighted by Crippen LogP contribution is 2.36. The zero-order chi connectivity index (χ0) is 31.6. The zero-order valence-electron chi connectivity index (χ0n) is 25.0. The first-order chi connectivity index (χ1) is 21.7. The molecule has 2 aliphatic heterocycles. The fourth-order valence-corrected chi connectivity index (χ4v) is 6.12. The summed E-state index contributed by atoms with van der Waals surface area (Å²) in [5, 5.41) is 0. The van der Waals surface area contributed by atoms with E-state index in [2.05, 4.69) is 27.0 Å². The predicted octanol–water partition coefficient (Wildman–Crippen LogP) is 5.59. The fraction of sp³-hybridized carbons (Fsp3) is 0.394. The molecule has 12 heteroatoms. The Morgan fingerprint density at radius 2 is 1.69 bits per heavy atom. The van der Waals surface area contributed by atoms with E-state index in [1.165, 1.54) is 11.8 Å². The minimum absolute atomic E-state index is 0.0170. The lowest BCUT2D eigenvalue weighted by molar-refractivity contribution is -0.141. The summed E-state index contributed by atoms with van der Waals surface area (Å²) < 4.78 is 49.2. The lowest BCUT2D eigenvalue weighted by Gasteiger charge is -2.31. The van der Waals surface area contributed by atoms with Gasteiger partial charge in [0.05, 0.1) is 0 Å². The number of rotatable bonds is 7. The molecule has 236 valence electrons. The first-order valence-electron chi connectivity index (χ1n) is 15.2. The van der Waals surface area contributed by atoms with Crippen molar-refractivity contribution >= 4 is 23.5 Å². The van der Waals surface area contributed by atoms with Gasteiger partial charge in [0, 0.05) is 65.1 Å². The minimum atomic E-state index is -4.83. The van der Waals surface area contributed by atoms with Gasteiger partial charge in [-0.25, -0.2) is 4.98 Å². The summed E-state index contributed by atoms with van der Waals surface area (Å²) in [6.45, 7) is 3.39. The van der Waals surface area contributed by atoms with Crippen molar-refractivity contribution in [3.8, 4) is 0 Å². The number of hydrogen-bond donors (Lipinski definition) is 0. The van der Waals surface area contributed by atoms with Crippen LogP contribution < -0.4 is 9.80 Å². The number of ketones is 1. The second kappa shape index (κ2) is 12.8. The van der Waals surface area contributed by atoms with Crippen molar-refractivity contribution in [2.45, 2.75) is 37.8 Å². The number of carbonyl (C=O) groups excluding carboxylic acids is 2. The normalized spacial score (nSPS) is 16.6. The second-order valence-electron chi connectivity index (χ2n) is 11.6. The van der Waals surface area contributed by atoms with E-state index in [1.54, 1.807) is 27.7 Å². The molecule has 6 rings (SSSR count). The standard InChI is InChI=1S/C33H35F3N6O3/c1-39-14-5-9-26(39)31(44)41-16-6-15-40(19-20-41)28-11-10-23(22-37-28)21-27(43)29-30(33(34,35)36)38-32(45-29)42-17-12-25(13-18-42)24-7-3-2-4-8-24/h2-5,7-11,14,22,25H,6,12-13,15-21H2,1H3. The third kappa shape index (κ3) is 6.74. The van der Waals surface area contributed by atoms with Gasteiger partial charge < -0.3 is 23.7 Å². The van der Waals surface area contributed by atoms with Crippen LogP contribution in [0.15, 0.2) is 71.4 Å². The number of piperidine rings is 1. The number of carbonyl (C=O) groups is 2. The average molecular weight is 621 g/mol. The number of halogens is 3. The Labute approximate surface area is 259 Å². The molecule has 0 aliphatic carbocycles. The lowest BCUT2D eigenvalue weighted by Crippen LogP contribution is -2.36. The average Bonchev–Trinajstić information content (AvgIpc) is 3.62. The predicted molar refractivity (Wildman–Crippen MR) is 163 cm³/mol. The van der Waals surface area contributed by atoms with Crippen LogP contribution in [0.5, 0.6) is 0 Å². The maximum atomic E-state index is 13.9. The van der Waals surface area contributed by atoms with Crippen LogP contribution in [0.1, 0.15) is 63.0 Å². The number of oxazole rings is 1. The largest absolute Gasteiger partial charge is 0.437 e. The minimum Gasteiger partial charge on any atom is -0.420 e. The molecule has 45 heavy (non-hydrogen) atoms. The number of aromatic nitrogens is 3. The van der Waals surface area contributed by atoms with E-state index >= 15 is 0 Å². The first kappa shape index (κ1) is 30.4. The van der Waals surface area contributed by atoms with Crippen molar-refractivity contribution in [1.29, 1.82) is 0 Å². The Morgan fingerprint density at radius 1 is 0.911 bits per heavy atom. The third-order valence-electron chi connectivity index (χ3n) is 8.62. The van der Waals surface area contributed by atoms with Gasteiger partial charge in [-0.3, -0.25) is 9.59 Å². The molecule has 3 aromatic heterocycles. The molecular weight excluding hydrogens is 585 g/mol. The van der Waals surface area contributed by atoms with Gasteiger partial charge in [0.15, 0.2) is 5.69 Å². The number of anilines is 2. The SMILES string of the molecule is Cn1cccc1C(=O)N1CCCN(c2ccc(CC(=O)c3oc(N4CCC(c5ccccc5)CC4)nc3C(F)(F)F)cn2)CC1. The van der Waals surface area contributed by atoms with Crippen LogP contribution in [0.4, 0.5) is 25.0 Å². The number of alkyl halides is 3. The van der Waals surface area contributed by atoms with Crippen LogP contribution in [0.3, 0.4) is 0 Å². The van der Waals surface area contributed by atoms with Crippen molar-refractivity contribution in [3.05, 3.63) is 95.3 Å². The van der Waals surface area contributed by atoms with Crippen LogP contribution in [0, 0.1) is 0 Å². The molecule has 0 spiro atoms. The van der Waals surface area contributed by atoms with Crippen LogP contribution in [-0.4, -0.2) is 70.4 Å². The molecule has 1 aromatic carbocycles. The monoisotopic (exact) mass is 620 g/mol. The Morgan fingerprint density at radius 3 is 2.36 bits per heavy atom. The van der Waals surface area contributed by atoms with Gasteiger partial charge in [0.25, 0.3) is 11.9 Å². The molecule has 0 bridgehead atoms. The highest BCUT2D eigenvalue weighted by atomic mass is 19.4. The Hall–Kier alpha value is -4.61. The fourth-order valence-electron chi connectivity index (χ4n) is 6.12. The van der Waals surface area contributed by atoms with Crippen molar-refractivity contribution in [2.24, 2.45) is 7.05 Å². The van der Waals surface area contributed by atoms with E-state index in [4.69, 9.17) is 4.42 Å². The Bertz CT molecular complexity index is 1630. The molecule has 4 aromatic rings. The summed E-state index contributed by atoms with van der Waals surface area (Å²) in [7, 11) is 1.84. The number of amides is 1. The highest BCUT2D eigenvalue weighted by Gasteiger charge is 2.42. The van der Waals surface area contributed by atoms with E-state index in [0.717, 1.165) is 19.3 Å². The molecule has 2 saturated heterocycles. The molecule has 5 heterocycles. The van der Waals surface area contributed by atoms with Crippen LogP contribution in [0.2, 0.25) is 0 Å². The molecule has 9 nitrogen and oxygen atoms in total. The van der Waals surface area contributed by atoms with E-state index in [-0.39, 0.29) is 18.3 Å². The lowest BCUT2D eigenvalue weighted by atomic mass is 9.90. The molecular formula is C33H35F3N6O3. The molecule has 0 radical (unpaired) electrons. The van der Waals surface area contributed by atoms with Crippen LogP contribution in [0.25, 0.3) is 0 Å². The summed E-state index contributed by atoms with van der Waals surface area (Å²) in [4.78, 5) is 39.9. The Kier molecular flexibility index (Phi) is 8.64. The molecule has 2 fully saturated rings. The molecule has 2 aliphatic rings. The number of nitrogens with zero attached hydrogens (tertiary/aromatic N) is 6. The van der Waals surface area contributed by atoms with Gasteiger partial charge in [-0.15, -0.1) is 0 Å². The number of Topliss-reactive ketones (excluding diaryl/α,β-unsaturated/α-hetero) is 1. The second-order valence-corrected chi connectivity index (χ2v) is 11.6. The van der Waals surface area contributed by atoms with E-state index in [1.807, 2.05) is 42.4 Å². The first-order valence-corrected chi connectivity index (χ1v) is 15.2. The van der Waals surface area contributed by atoms with Gasteiger partial charge >= 0.3 is 6.18 Å². The Balaban J connectivity index is 1.09. The number of pyridine rings is 1. The van der Waals surface area contributed by atoms with Gasteiger partial charge in [-0.05, 0) is 54.5 Å². The van der Waals surface area contributed by atoms with Gasteiger partial charge in [0.1, 0.15) is 11.5 Å². The maximum Gasteiger partial charge on any atom is 0.437 e. The summed E-state index contributed by atoms with van der Waals surface area (Å²) in [5.41, 5.74) is 1.01. The zero-order valence-corrected chi connectivity index (χ0v) is 25.0. The van der Waals surface area contributed by atoms with Crippen molar-refractivity contribution in [1.82, 2.24) is 19.4 Å². The van der Waals surface area contributed by atoms with Crippen LogP contribution in [-0.2, 0) is 19.6 Å². The van der Waals surface area contributed by atoms with Gasteiger partial charge in [-0.1, -0.05) is 36.4 Å². The van der Waals surface area contributed by atoms with Crippen LogP contribution >= 0.6 is 0 Å². The molecule has 0 saturated carbocycles. The third-order valence-corrected chi connectivity index (χ3v) is 8.62. The number of aryl methyl sites for hydroxylation is 1. The maximum absolute atomic E-state index is 13.9. The highest BCUT2D eigenvalue weighted by molar-refractivity contribution is 5.96.